The summed E-state index contributed by atoms with van der Waals surface area (Å²) in [6.07, 6.45) is 1.13. The molecule has 1 aliphatic heterocycles. The lowest BCUT2D eigenvalue weighted by Crippen LogP contribution is -2.41. The van der Waals surface area contributed by atoms with Crippen molar-refractivity contribution in [2.75, 3.05) is 18.0 Å². The molecule has 88 valence electrons. The smallest absolute Gasteiger partial charge is 0.123 e. The Kier molecular flexibility index (Phi) is 3.44. The molecule has 1 N–H and O–H groups in total. The highest BCUT2D eigenvalue weighted by atomic mass is 19.1. The summed E-state index contributed by atoms with van der Waals surface area (Å²) in [6, 6.07) is 7.75. The topological polar surface area (TPSA) is 15.3 Å². The molecule has 2 atom stereocenters. The Hall–Kier alpha value is -1.09. The molecule has 0 aromatic heterocycles. The summed E-state index contributed by atoms with van der Waals surface area (Å²) in [4.78, 5) is 2.37. The summed E-state index contributed by atoms with van der Waals surface area (Å²) in [6.45, 7) is 6.48. The largest absolute Gasteiger partial charge is 0.365 e. The van der Waals surface area contributed by atoms with Gasteiger partial charge in [-0.05, 0) is 51.1 Å². The van der Waals surface area contributed by atoms with Gasteiger partial charge in [-0.2, -0.15) is 0 Å². The molecule has 0 spiro atoms. The Morgan fingerprint density at radius 3 is 2.56 bits per heavy atom. The van der Waals surface area contributed by atoms with Gasteiger partial charge in [-0.25, -0.2) is 4.39 Å². The van der Waals surface area contributed by atoms with Crippen molar-refractivity contribution >= 4 is 5.69 Å². The van der Waals surface area contributed by atoms with Crippen molar-refractivity contribution in [1.29, 1.82) is 0 Å². The first-order valence-electron chi connectivity index (χ1n) is 5.93. The number of rotatable bonds is 1. The number of nitrogens with zero attached hydrogens (tertiary/aromatic N) is 1. The maximum Gasteiger partial charge on any atom is 0.123 e. The highest BCUT2D eigenvalue weighted by molar-refractivity contribution is 5.48. The van der Waals surface area contributed by atoms with Crippen molar-refractivity contribution in [2.24, 2.45) is 0 Å². The van der Waals surface area contributed by atoms with E-state index in [1.54, 1.807) is 0 Å². The first kappa shape index (κ1) is 11.4. The summed E-state index contributed by atoms with van der Waals surface area (Å²) in [7, 11) is 0. The van der Waals surface area contributed by atoms with Gasteiger partial charge in [0.2, 0.25) is 0 Å². The van der Waals surface area contributed by atoms with Gasteiger partial charge in [-0.3, -0.25) is 0 Å². The standard InChI is InChI=1S/C13H19FN2/c1-10-7-8-15-9-11(2)16(10)13-5-3-12(14)4-6-13/h3-6,10-11,15H,7-9H2,1-2H3. The average Bonchev–Trinajstić information content (AvgIpc) is 2.42. The number of anilines is 1. The van der Waals surface area contributed by atoms with E-state index < -0.39 is 0 Å². The Bertz CT molecular complexity index is 324. The third-order valence-electron chi connectivity index (χ3n) is 3.25. The van der Waals surface area contributed by atoms with E-state index in [9.17, 15) is 4.39 Å². The Labute approximate surface area is 96.5 Å². The van der Waals surface area contributed by atoms with Crippen molar-refractivity contribution in [1.82, 2.24) is 5.32 Å². The van der Waals surface area contributed by atoms with Crippen LogP contribution in [0.5, 0.6) is 0 Å². The van der Waals surface area contributed by atoms with E-state index in [0.29, 0.717) is 12.1 Å². The highest BCUT2D eigenvalue weighted by Crippen LogP contribution is 2.22. The molecule has 1 heterocycles. The van der Waals surface area contributed by atoms with Gasteiger partial charge in [0, 0.05) is 24.3 Å². The van der Waals surface area contributed by atoms with Crippen molar-refractivity contribution in [3.05, 3.63) is 30.1 Å². The number of halogens is 1. The fourth-order valence-corrected chi connectivity index (χ4v) is 2.42. The van der Waals surface area contributed by atoms with Gasteiger partial charge in [0.15, 0.2) is 0 Å². The second-order valence-corrected chi connectivity index (χ2v) is 4.57. The van der Waals surface area contributed by atoms with E-state index in [0.717, 1.165) is 25.2 Å². The van der Waals surface area contributed by atoms with Crippen LogP contribution in [0.3, 0.4) is 0 Å². The first-order chi connectivity index (χ1) is 7.68. The molecule has 0 bridgehead atoms. The molecule has 3 heteroatoms. The molecule has 0 aliphatic carbocycles. The van der Waals surface area contributed by atoms with Crippen molar-refractivity contribution in [3.8, 4) is 0 Å². The third kappa shape index (κ3) is 2.35. The molecule has 2 unspecified atom stereocenters. The van der Waals surface area contributed by atoms with Crippen molar-refractivity contribution in [2.45, 2.75) is 32.4 Å². The van der Waals surface area contributed by atoms with Crippen LogP contribution in [0.1, 0.15) is 20.3 Å². The van der Waals surface area contributed by atoms with Crippen LogP contribution in [0.4, 0.5) is 10.1 Å². The van der Waals surface area contributed by atoms with Gasteiger partial charge < -0.3 is 10.2 Å². The lowest BCUT2D eigenvalue weighted by atomic mass is 10.1. The van der Waals surface area contributed by atoms with Crippen LogP contribution in [0.2, 0.25) is 0 Å². The Balaban J connectivity index is 2.24. The lowest BCUT2D eigenvalue weighted by Gasteiger charge is -2.34. The number of hydrogen-bond donors (Lipinski definition) is 1. The minimum Gasteiger partial charge on any atom is -0.365 e. The fourth-order valence-electron chi connectivity index (χ4n) is 2.42. The number of nitrogens with one attached hydrogen (secondary N) is 1. The molecule has 0 saturated carbocycles. The summed E-state index contributed by atoms with van der Waals surface area (Å²) in [5.74, 6) is -0.169. The van der Waals surface area contributed by atoms with Crippen LogP contribution in [0, 0.1) is 5.82 Å². The summed E-state index contributed by atoms with van der Waals surface area (Å²) < 4.78 is 12.9. The minimum absolute atomic E-state index is 0.169. The van der Waals surface area contributed by atoms with Crippen LogP contribution in [0.15, 0.2) is 24.3 Å². The van der Waals surface area contributed by atoms with Crippen LogP contribution in [-0.4, -0.2) is 25.2 Å². The second kappa shape index (κ2) is 4.83. The SMILES string of the molecule is CC1CCNCC(C)N1c1ccc(F)cc1. The molecule has 1 saturated heterocycles. The van der Waals surface area contributed by atoms with E-state index in [4.69, 9.17) is 0 Å². The van der Waals surface area contributed by atoms with Gasteiger partial charge in [-0.1, -0.05) is 0 Å². The predicted octanol–water partition coefficient (Wildman–Crippen LogP) is 2.40. The maximum atomic E-state index is 12.9. The van der Waals surface area contributed by atoms with E-state index in [-0.39, 0.29) is 5.82 Å². The lowest BCUT2D eigenvalue weighted by molar-refractivity contribution is 0.573. The number of hydrogen-bond acceptors (Lipinski definition) is 2. The second-order valence-electron chi connectivity index (χ2n) is 4.57. The van der Waals surface area contributed by atoms with Crippen LogP contribution < -0.4 is 10.2 Å². The van der Waals surface area contributed by atoms with E-state index in [1.165, 1.54) is 12.1 Å². The zero-order valence-corrected chi connectivity index (χ0v) is 9.91. The monoisotopic (exact) mass is 222 g/mol. The van der Waals surface area contributed by atoms with Crippen LogP contribution in [0.25, 0.3) is 0 Å². The van der Waals surface area contributed by atoms with E-state index >= 15 is 0 Å². The fraction of sp³-hybridized carbons (Fsp3) is 0.538. The molecule has 2 nitrogen and oxygen atoms in total. The molecule has 1 aliphatic rings. The third-order valence-corrected chi connectivity index (χ3v) is 3.25. The molecule has 16 heavy (non-hydrogen) atoms. The first-order valence-corrected chi connectivity index (χ1v) is 5.93. The van der Waals surface area contributed by atoms with Gasteiger partial charge in [0.1, 0.15) is 5.82 Å². The van der Waals surface area contributed by atoms with Gasteiger partial charge in [-0.15, -0.1) is 0 Å². The summed E-state index contributed by atoms with van der Waals surface area (Å²) >= 11 is 0. The normalized spacial score (nSPS) is 26.6. The Morgan fingerprint density at radius 2 is 1.88 bits per heavy atom. The van der Waals surface area contributed by atoms with Crippen molar-refractivity contribution in [3.63, 3.8) is 0 Å². The molecule has 2 rings (SSSR count). The van der Waals surface area contributed by atoms with Gasteiger partial charge in [0.25, 0.3) is 0 Å². The predicted molar refractivity (Wildman–Crippen MR) is 65.3 cm³/mol. The molecule has 1 fully saturated rings. The highest BCUT2D eigenvalue weighted by Gasteiger charge is 2.22. The molecule has 0 radical (unpaired) electrons. The minimum atomic E-state index is -0.169. The molecule has 0 amide bonds. The van der Waals surface area contributed by atoms with Crippen LogP contribution >= 0.6 is 0 Å². The van der Waals surface area contributed by atoms with E-state index in [2.05, 4.69) is 24.1 Å². The van der Waals surface area contributed by atoms with Crippen molar-refractivity contribution < 1.29 is 4.39 Å². The van der Waals surface area contributed by atoms with E-state index in [1.807, 2.05) is 12.1 Å². The van der Waals surface area contributed by atoms with Crippen LogP contribution in [-0.2, 0) is 0 Å². The molecule has 1 aromatic carbocycles. The molecule has 1 aromatic rings. The van der Waals surface area contributed by atoms with Gasteiger partial charge in [0.05, 0.1) is 0 Å². The Morgan fingerprint density at radius 1 is 1.19 bits per heavy atom. The molecular formula is C13H19FN2. The quantitative estimate of drug-likeness (QED) is 0.785. The van der Waals surface area contributed by atoms with Gasteiger partial charge >= 0.3 is 0 Å². The maximum absolute atomic E-state index is 12.9. The summed E-state index contributed by atoms with van der Waals surface area (Å²) in [5.41, 5.74) is 1.12. The zero-order valence-electron chi connectivity index (χ0n) is 9.91. The number of benzene rings is 1. The average molecular weight is 222 g/mol. The zero-order chi connectivity index (χ0) is 11.5. The summed E-state index contributed by atoms with van der Waals surface area (Å²) in [5, 5.41) is 3.42. The molecular weight excluding hydrogens is 203 g/mol.